The van der Waals surface area contributed by atoms with E-state index in [9.17, 15) is 4.79 Å². The molecule has 1 atom stereocenters. The molecule has 0 bridgehead atoms. The molecule has 0 fully saturated rings. The van der Waals surface area contributed by atoms with Crippen LogP contribution in [0.5, 0.6) is 0 Å². The number of ether oxygens (including phenoxy) is 1. The van der Waals surface area contributed by atoms with Crippen molar-refractivity contribution >= 4 is 5.97 Å². The summed E-state index contributed by atoms with van der Waals surface area (Å²) in [7, 11) is 1.73. The molecule has 1 aromatic rings. The maximum absolute atomic E-state index is 11.5. The third kappa shape index (κ3) is 3.09. The predicted octanol–water partition coefficient (Wildman–Crippen LogP) is 1.27. The highest BCUT2D eigenvalue weighted by Crippen LogP contribution is 2.07. The summed E-state index contributed by atoms with van der Waals surface area (Å²) >= 11 is 0. The first kappa shape index (κ1) is 11.2. The van der Waals surface area contributed by atoms with Crippen molar-refractivity contribution in [3.05, 3.63) is 18.0 Å². The number of rotatable bonds is 4. The van der Waals surface area contributed by atoms with Crippen LogP contribution in [0, 0.1) is 11.3 Å². The highest BCUT2D eigenvalue weighted by molar-refractivity contribution is 5.88. The van der Waals surface area contributed by atoms with Crippen LogP contribution in [0.3, 0.4) is 0 Å². The highest BCUT2D eigenvalue weighted by Gasteiger charge is 2.15. The third-order valence-corrected chi connectivity index (χ3v) is 1.99. The van der Waals surface area contributed by atoms with Crippen LogP contribution in [-0.4, -0.2) is 21.9 Å². The van der Waals surface area contributed by atoms with Crippen molar-refractivity contribution in [1.29, 1.82) is 5.26 Å². The van der Waals surface area contributed by atoms with Crippen LogP contribution < -0.4 is 0 Å². The van der Waals surface area contributed by atoms with E-state index in [0.717, 1.165) is 0 Å². The first-order chi connectivity index (χ1) is 7.17. The standard InChI is InChI=1S/C10H13N3O2/c1-3-9(4-5-11)15-10(14)8-6-12-13(2)7-8/h6-7,9H,3-4H2,1-2H3/t9-/m1/s1. The summed E-state index contributed by atoms with van der Waals surface area (Å²) in [5.41, 5.74) is 0.411. The van der Waals surface area contributed by atoms with Gasteiger partial charge in [0.05, 0.1) is 24.3 Å². The first-order valence-corrected chi connectivity index (χ1v) is 4.74. The van der Waals surface area contributed by atoms with Crippen LogP contribution >= 0.6 is 0 Å². The summed E-state index contributed by atoms with van der Waals surface area (Å²) in [5.74, 6) is -0.426. The lowest BCUT2D eigenvalue weighted by molar-refractivity contribution is 0.0303. The Bertz CT molecular complexity index is 378. The van der Waals surface area contributed by atoms with E-state index in [0.29, 0.717) is 12.0 Å². The van der Waals surface area contributed by atoms with Gasteiger partial charge >= 0.3 is 5.97 Å². The normalized spacial score (nSPS) is 11.8. The SMILES string of the molecule is CC[C@H](CC#N)OC(=O)c1cnn(C)c1. The molecule has 0 aromatic carbocycles. The van der Waals surface area contributed by atoms with Crippen LogP contribution in [0.1, 0.15) is 30.1 Å². The summed E-state index contributed by atoms with van der Waals surface area (Å²) in [6, 6.07) is 1.98. The molecular formula is C10H13N3O2. The Morgan fingerprint density at radius 1 is 1.80 bits per heavy atom. The van der Waals surface area contributed by atoms with Gasteiger partial charge in [-0.1, -0.05) is 6.92 Å². The number of carbonyl (C=O) groups excluding carboxylic acids is 1. The molecule has 0 aliphatic rings. The molecule has 5 nitrogen and oxygen atoms in total. The van der Waals surface area contributed by atoms with Crippen molar-refractivity contribution in [2.45, 2.75) is 25.9 Å². The van der Waals surface area contributed by atoms with Crippen LogP contribution in [-0.2, 0) is 11.8 Å². The predicted molar refractivity (Wildman–Crippen MR) is 52.9 cm³/mol. The Hall–Kier alpha value is -1.83. The maximum atomic E-state index is 11.5. The monoisotopic (exact) mass is 207 g/mol. The number of nitrogens with zero attached hydrogens (tertiary/aromatic N) is 3. The summed E-state index contributed by atoms with van der Waals surface area (Å²) in [5, 5.41) is 12.4. The number of aromatic nitrogens is 2. The van der Waals surface area contributed by atoms with E-state index >= 15 is 0 Å². The topological polar surface area (TPSA) is 67.9 Å². The summed E-state index contributed by atoms with van der Waals surface area (Å²) in [6.07, 6.45) is 3.56. The molecule has 80 valence electrons. The Morgan fingerprint density at radius 2 is 2.53 bits per heavy atom. The Labute approximate surface area is 88.3 Å². The second-order valence-electron chi connectivity index (χ2n) is 3.20. The van der Waals surface area contributed by atoms with Gasteiger partial charge in [-0.05, 0) is 6.42 Å². The minimum absolute atomic E-state index is 0.225. The van der Waals surface area contributed by atoms with Gasteiger partial charge in [-0.3, -0.25) is 4.68 Å². The fourth-order valence-corrected chi connectivity index (χ4v) is 1.12. The van der Waals surface area contributed by atoms with Gasteiger partial charge in [0.1, 0.15) is 6.10 Å². The third-order valence-electron chi connectivity index (χ3n) is 1.99. The van der Waals surface area contributed by atoms with Crippen LogP contribution in [0.2, 0.25) is 0 Å². The molecule has 0 amide bonds. The molecule has 0 N–H and O–H groups in total. The molecule has 0 spiro atoms. The van der Waals surface area contributed by atoms with E-state index in [1.54, 1.807) is 13.2 Å². The van der Waals surface area contributed by atoms with Gasteiger partial charge in [-0.15, -0.1) is 0 Å². The number of hydrogen-bond acceptors (Lipinski definition) is 4. The van der Waals surface area contributed by atoms with Crippen molar-refractivity contribution in [2.24, 2.45) is 7.05 Å². The molecule has 0 aliphatic carbocycles. The lowest BCUT2D eigenvalue weighted by Gasteiger charge is -2.11. The van der Waals surface area contributed by atoms with E-state index in [-0.39, 0.29) is 12.5 Å². The van der Waals surface area contributed by atoms with Gasteiger partial charge in [-0.2, -0.15) is 10.4 Å². The van der Waals surface area contributed by atoms with Gasteiger partial charge in [0.15, 0.2) is 0 Å². The smallest absolute Gasteiger partial charge is 0.341 e. The molecule has 0 aliphatic heterocycles. The van der Waals surface area contributed by atoms with E-state index in [1.165, 1.54) is 10.9 Å². The summed E-state index contributed by atoms with van der Waals surface area (Å²) in [4.78, 5) is 11.5. The van der Waals surface area contributed by atoms with Crippen molar-refractivity contribution in [1.82, 2.24) is 9.78 Å². The highest BCUT2D eigenvalue weighted by atomic mass is 16.5. The molecule has 15 heavy (non-hydrogen) atoms. The van der Waals surface area contributed by atoms with E-state index < -0.39 is 5.97 Å². The Balaban J connectivity index is 2.59. The maximum Gasteiger partial charge on any atom is 0.341 e. The fourth-order valence-electron chi connectivity index (χ4n) is 1.12. The number of hydrogen-bond donors (Lipinski definition) is 0. The molecule has 0 saturated heterocycles. The van der Waals surface area contributed by atoms with Crippen molar-refractivity contribution < 1.29 is 9.53 Å². The van der Waals surface area contributed by atoms with E-state index in [4.69, 9.17) is 10.00 Å². The molecule has 1 heterocycles. The number of carbonyl (C=O) groups is 1. The molecule has 1 aromatic heterocycles. The number of aryl methyl sites for hydroxylation is 1. The lowest BCUT2D eigenvalue weighted by atomic mass is 10.2. The molecule has 1 rings (SSSR count). The molecule has 0 radical (unpaired) electrons. The van der Waals surface area contributed by atoms with E-state index in [1.807, 2.05) is 13.0 Å². The van der Waals surface area contributed by atoms with Crippen LogP contribution in [0.15, 0.2) is 12.4 Å². The Kier molecular flexibility index (Phi) is 3.86. The zero-order valence-electron chi connectivity index (χ0n) is 8.80. The summed E-state index contributed by atoms with van der Waals surface area (Å²) < 4.78 is 6.65. The number of nitriles is 1. The second kappa shape index (κ2) is 5.15. The minimum Gasteiger partial charge on any atom is -0.458 e. The molecule has 0 unspecified atom stereocenters. The minimum atomic E-state index is -0.426. The fraction of sp³-hybridized carbons (Fsp3) is 0.500. The van der Waals surface area contributed by atoms with Gasteiger partial charge in [-0.25, -0.2) is 4.79 Å². The molecule has 0 saturated carbocycles. The van der Waals surface area contributed by atoms with Crippen molar-refractivity contribution in [3.63, 3.8) is 0 Å². The van der Waals surface area contributed by atoms with Gasteiger partial charge < -0.3 is 4.74 Å². The van der Waals surface area contributed by atoms with E-state index in [2.05, 4.69) is 5.10 Å². The van der Waals surface area contributed by atoms with Gasteiger partial charge in [0.2, 0.25) is 0 Å². The van der Waals surface area contributed by atoms with Crippen LogP contribution in [0.25, 0.3) is 0 Å². The molecular weight excluding hydrogens is 194 g/mol. The van der Waals surface area contributed by atoms with Crippen LogP contribution in [0.4, 0.5) is 0 Å². The average Bonchev–Trinajstić information content (AvgIpc) is 2.64. The number of esters is 1. The largest absolute Gasteiger partial charge is 0.458 e. The molecule has 5 heteroatoms. The quantitative estimate of drug-likeness (QED) is 0.697. The van der Waals surface area contributed by atoms with Gasteiger partial charge in [0, 0.05) is 13.2 Å². The lowest BCUT2D eigenvalue weighted by Crippen LogP contribution is -2.16. The first-order valence-electron chi connectivity index (χ1n) is 4.74. The van der Waals surface area contributed by atoms with Crippen molar-refractivity contribution in [3.8, 4) is 6.07 Å². The zero-order chi connectivity index (χ0) is 11.3. The second-order valence-corrected chi connectivity index (χ2v) is 3.20. The Morgan fingerprint density at radius 3 is 3.00 bits per heavy atom. The summed E-state index contributed by atoms with van der Waals surface area (Å²) in [6.45, 7) is 1.87. The zero-order valence-corrected chi connectivity index (χ0v) is 8.80. The average molecular weight is 207 g/mol. The van der Waals surface area contributed by atoms with Crippen molar-refractivity contribution in [2.75, 3.05) is 0 Å². The van der Waals surface area contributed by atoms with Gasteiger partial charge in [0.25, 0.3) is 0 Å².